The number of hydrogen-bond donors (Lipinski definition) is 0. The van der Waals surface area contributed by atoms with Crippen molar-refractivity contribution < 1.29 is 161 Å². The first-order valence-corrected chi connectivity index (χ1v) is 0. The van der Waals surface area contributed by atoms with Crippen LogP contribution in [0.3, 0.4) is 0 Å². The zero-order valence-electron chi connectivity index (χ0n) is 2.33. The second kappa shape index (κ2) is 37.8. The quantitative estimate of drug-likeness (QED) is 0.251. The maximum Gasteiger partial charge on any atom is 0 e. The van der Waals surface area contributed by atoms with E-state index in [9.17, 15) is 0 Å². The molecule has 0 aliphatic carbocycles. The van der Waals surface area contributed by atoms with Crippen molar-refractivity contribution in [2.45, 2.75) is 0 Å². The van der Waals surface area contributed by atoms with Gasteiger partial charge in [-0.15, -0.1) is 0 Å². The van der Waals surface area contributed by atoms with Gasteiger partial charge in [-0.05, 0) is 0 Å². The van der Waals surface area contributed by atoms with Crippen molar-refractivity contribution in [2.75, 3.05) is 0 Å². The van der Waals surface area contributed by atoms with Crippen LogP contribution in [-0.2, 0) is 40.5 Å². The average Bonchev–Trinajstić information content (AvgIpc) is 0. The predicted octanol–water partition coefficient (Wildman–Crippen LogP) is -1.84. The van der Waals surface area contributed by atoms with E-state index in [1.54, 1.807) is 0 Å². The van der Waals surface area contributed by atoms with Gasteiger partial charge >= 0.3 is 62.6 Å². The van der Waals surface area contributed by atoms with E-state index in [-0.39, 0.29) is 224 Å². The SMILES string of the molecule is [Dy].[La].[Pt].[Ru].[SeH2].[SrH2].[Yb]. The summed E-state index contributed by atoms with van der Waals surface area (Å²) >= 11 is 0. The fourth-order valence-corrected chi connectivity index (χ4v) is 0. The first-order valence-electron chi connectivity index (χ1n) is 0. The van der Waals surface area contributed by atoms with E-state index in [1.807, 2.05) is 0 Å². The summed E-state index contributed by atoms with van der Waals surface area (Å²) in [7, 11) is 0. The Morgan fingerprint density at radius 1 is 1.00 bits per heavy atom. The van der Waals surface area contributed by atoms with Crippen LogP contribution in [0.1, 0.15) is 0 Å². The predicted molar refractivity (Wildman–Crippen MR) is 17.1 cm³/mol. The first kappa shape index (κ1) is 47.5. The van der Waals surface area contributed by atoms with Gasteiger partial charge in [-0.2, -0.15) is 0 Å². The molecule has 0 nitrogen and oxygen atoms in total. The molecule has 0 aromatic rings. The normalized spacial score (nSPS) is 0. The summed E-state index contributed by atoms with van der Waals surface area (Å²) in [6.07, 6.45) is 0. The Balaban J connectivity index is 0. The van der Waals surface area contributed by atoms with Crippen LogP contribution in [0.2, 0.25) is 0 Å². The summed E-state index contributed by atoms with van der Waals surface area (Å²) in [6, 6.07) is 0. The third kappa shape index (κ3) is 31.9. The van der Waals surface area contributed by atoms with E-state index in [2.05, 4.69) is 0 Å². The number of hydrogen-bond acceptors (Lipinski definition) is 0. The maximum absolute atomic E-state index is 0. The zero-order valence-corrected chi connectivity index (χ0v) is 15.8. The Morgan fingerprint density at radius 3 is 1.00 bits per heavy atom. The summed E-state index contributed by atoms with van der Waals surface area (Å²) in [5.74, 6) is 0. The van der Waals surface area contributed by atoms with Gasteiger partial charge in [0, 0.05) is 161 Å². The summed E-state index contributed by atoms with van der Waals surface area (Å²) in [4.78, 5) is 0. The van der Waals surface area contributed by atoms with Crippen LogP contribution in [-0.4, -0.2) is 62.6 Å². The first-order chi connectivity index (χ1) is 0. The molecule has 0 N–H and O–H groups in total. The Morgan fingerprint density at radius 2 is 1.00 bits per heavy atom. The van der Waals surface area contributed by atoms with Gasteiger partial charge in [0.1, 0.15) is 0 Å². The third-order valence-corrected chi connectivity index (χ3v) is 0. The second-order valence-electron chi connectivity index (χ2n) is 0. The second-order valence-corrected chi connectivity index (χ2v) is 0. The van der Waals surface area contributed by atoms with Crippen LogP contribution in [0.4, 0.5) is 0 Å². The zero-order chi connectivity index (χ0) is 0. The van der Waals surface area contributed by atoms with Crippen LogP contribution >= 0.6 is 0 Å². The molecule has 0 aliphatic rings. The molecule has 0 aromatic carbocycles. The molecule has 0 fully saturated rings. The molecule has 0 amide bonds. The molecule has 0 aromatic heterocycles. The molecule has 0 rings (SSSR count). The summed E-state index contributed by atoms with van der Waals surface area (Å²) < 4.78 is 0. The summed E-state index contributed by atoms with van der Waals surface area (Å²) in [6.45, 7) is 0. The summed E-state index contributed by atoms with van der Waals surface area (Å²) in [5, 5.41) is 0. The molecule has 0 atom stereocenters. The van der Waals surface area contributed by atoms with Gasteiger partial charge in [-0.3, -0.25) is 0 Å². The van der Waals surface area contributed by atoms with E-state index >= 15 is 0 Å². The minimum absolute atomic E-state index is 0. The molecule has 0 saturated carbocycles. The summed E-state index contributed by atoms with van der Waals surface area (Å²) in [5.41, 5.74) is 0. The number of rotatable bonds is 0. The van der Waals surface area contributed by atoms with Crippen LogP contribution in [0.25, 0.3) is 0 Å². The molecule has 0 aliphatic heterocycles. The van der Waals surface area contributed by atoms with E-state index in [1.165, 1.54) is 0 Å². The molecule has 7 heteroatoms. The molecule has 0 bridgehead atoms. The Labute approximate surface area is 216 Å². The maximum atomic E-state index is 0. The fourth-order valence-electron chi connectivity index (χ4n) is 0. The molecular formula is H4DyLaPtRuSeSrYb. The van der Waals surface area contributed by atoms with Gasteiger partial charge in [-0.25, -0.2) is 0 Å². The minimum Gasteiger partial charge on any atom is 0 e. The van der Waals surface area contributed by atoms with Crippen LogP contribution < -0.4 is 0 Å². The van der Waals surface area contributed by atoms with E-state index in [0.717, 1.165) is 0 Å². The molecular weight excluding hydrogens is 937 g/mol. The van der Waals surface area contributed by atoms with Crippen molar-refractivity contribution in [2.24, 2.45) is 0 Å². The van der Waals surface area contributed by atoms with E-state index in [0.29, 0.717) is 0 Å². The monoisotopic (exact) mass is 945 g/mol. The smallest absolute Gasteiger partial charge is 0 e. The Hall–Kier alpha value is 7.30. The van der Waals surface area contributed by atoms with Crippen LogP contribution in [0.15, 0.2) is 0 Å². The van der Waals surface area contributed by atoms with Gasteiger partial charge in [-0.1, -0.05) is 0 Å². The average molecular weight is 941 g/mol. The van der Waals surface area contributed by atoms with E-state index < -0.39 is 0 Å². The fraction of sp³-hybridized carbons (Fsp3) is 0. The molecule has 1 radical (unpaired) electrons. The minimum atomic E-state index is 0. The van der Waals surface area contributed by atoms with Gasteiger partial charge in [0.25, 0.3) is 0 Å². The van der Waals surface area contributed by atoms with Crippen molar-refractivity contribution in [3.8, 4) is 0 Å². The van der Waals surface area contributed by atoms with E-state index in [4.69, 9.17) is 0 Å². The molecule has 7 heavy (non-hydrogen) atoms. The van der Waals surface area contributed by atoms with Crippen LogP contribution in [0.5, 0.6) is 0 Å². The largest absolute Gasteiger partial charge is 0 e. The molecule has 57 valence electrons. The molecule has 0 spiro atoms. The van der Waals surface area contributed by atoms with Gasteiger partial charge in [0.15, 0.2) is 0 Å². The third-order valence-electron chi connectivity index (χ3n) is 0. The van der Waals surface area contributed by atoms with Crippen molar-refractivity contribution in [3.63, 3.8) is 0 Å². The standard InChI is InChI=1S/Dy.La.Pt.Ru.H2Se.Sr.Yb.2H/h;;;;1H2;;;;. The molecule has 0 heterocycles. The van der Waals surface area contributed by atoms with Crippen molar-refractivity contribution >= 4 is 62.6 Å². The van der Waals surface area contributed by atoms with Crippen molar-refractivity contribution in [3.05, 3.63) is 0 Å². The van der Waals surface area contributed by atoms with Crippen LogP contribution in [0, 0.1) is 121 Å². The Bertz CT molecular complexity index is 19.7. The van der Waals surface area contributed by atoms with Crippen molar-refractivity contribution in [1.29, 1.82) is 0 Å². The van der Waals surface area contributed by atoms with Gasteiger partial charge in [0.05, 0.1) is 0 Å². The van der Waals surface area contributed by atoms with Crippen molar-refractivity contribution in [1.82, 2.24) is 0 Å². The molecule has 0 saturated heterocycles. The topological polar surface area (TPSA) is 0 Å². The van der Waals surface area contributed by atoms with Gasteiger partial charge in [0.2, 0.25) is 0 Å². The molecule has 0 unspecified atom stereocenters. The Kier molecular flexibility index (Phi) is 256. The van der Waals surface area contributed by atoms with Gasteiger partial charge < -0.3 is 0 Å².